The fourth-order valence-electron chi connectivity index (χ4n) is 3.88. The van der Waals surface area contributed by atoms with E-state index < -0.39 is 0 Å². The predicted octanol–water partition coefficient (Wildman–Crippen LogP) is 3.52. The Kier molecular flexibility index (Phi) is 6.27. The van der Waals surface area contributed by atoms with E-state index in [9.17, 15) is 4.79 Å². The van der Waals surface area contributed by atoms with Gasteiger partial charge in [-0.25, -0.2) is 9.97 Å². The van der Waals surface area contributed by atoms with Crippen LogP contribution in [-0.4, -0.2) is 64.2 Å². The van der Waals surface area contributed by atoms with Gasteiger partial charge in [0.25, 0.3) is 0 Å². The number of carbonyl (C=O) groups excluding carboxylic acids is 1. The molecule has 176 valence electrons. The molecule has 5 rings (SSSR count). The van der Waals surface area contributed by atoms with E-state index in [0.717, 1.165) is 67.6 Å². The van der Waals surface area contributed by atoms with Crippen molar-refractivity contribution >= 4 is 41.2 Å². The van der Waals surface area contributed by atoms with E-state index in [1.807, 2.05) is 55.5 Å². The molecule has 2 fully saturated rings. The van der Waals surface area contributed by atoms with Gasteiger partial charge < -0.3 is 20.4 Å². The maximum Gasteiger partial charge on any atom is 0.227 e. The Bertz CT molecular complexity index is 1190. The zero-order valence-electron chi connectivity index (χ0n) is 19.6. The molecule has 0 radical (unpaired) electrons. The second-order valence-electron chi connectivity index (χ2n) is 9.04. The number of hydrogen-bond donors (Lipinski definition) is 3. The summed E-state index contributed by atoms with van der Waals surface area (Å²) >= 11 is 0. The fourth-order valence-corrected chi connectivity index (χ4v) is 3.88. The molecule has 3 aromatic rings. The summed E-state index contributed by atoms with van der Waals surface area (Å²) < 4.78 is 0. The predicted molar refractivity (Wildman–Crippen MR) is 135 cm³/mol. The summed E-state index contributed by atoms with van der Waals surface area (Å²) in [5.74, 6) is 3.19. The number of amides is 1. The number of piperazine rings is 1. The highest BCUT2D eigenvalue weighted by Crippen LogP contribution is 2.30. The summed E-state index contributed by atoms with van der Waals surface area (Å²) in [4.78, 5) is 26.2. The highest BCUT2D eigenvalue weighted by atomic mass is 16.2. The lowest BCUT2D eigenvalue weighted by atomic mass is 10.2. The zero-order chi connectivity index (χ0) is 23.5. The number of carbonyl (C=O) groups is 1. The van der Waals surface area contributed by atoms with Crippen molar-refractivity contribution in [2.75, 3.05) is 48.8 Å². The van der Waals surface area contributed by atoms with Gasteiger partial charge in [0.1, 0.15) is 11.6 Å². The third kappa shape index (κ3) is 5.60. The van der Waals surface area contributed by atoms with E-state index in [0.29, 0.717) is 11.6 Å². The first-order valence-electron chi connectivity index (χ1n) is 11.7. The maximum absolute atomic E-state index is 12.1. The van der Waals surface area contributed by atoms with Gasteiger partial charge in [0.2, 0.25) is 5.91 Å². The van der Waals surface area contributed by atoms with Gasteiger partial charge in [-0.2, -0.15) is 5.10 Å². The average molecular weight is 459 g/mol. The molecule has 1 amide bonds. The Labute approximate surface area is 199 Å². The Hall–Kier alpha value is -3.72. The quantitative estimate of drug-likeness (QED) is 0.498. The Balaban J connectivity index is 1.38. The minimum atomic E-state index is 0.105. The molecule has 1 saturated heterocycles. The first kappa shape index (κ1) is 22.1. The maximum atomic E-state index is 12.1. The summed E-state index contributed by atoms with van der Waals surface area (Å²) in [5.41, 5.74) is 2.76. The van der Waals surface area contributed by atoms with Crippen molar-refractivity contribution in [2.45, 2.75) is 19.8 Å². The molecule has 1 aromatic carbocycles. The Morgan fingerprint density at radius 3 is 2.62 bits per heavy atom. The van der Waals surface area contributed by atoms with Gasteiger partial charge in [0, 0.05) is 55.6 Å². The molecule has 2 aliphatic rings. The van der Waals surface area contributed by atoms with Crippen LogP contribution >= 0.6 is 0 Å². The molecule has 2 aromatic heterocycles. The summed E-state index contributed by atoms with van der Waals surface area (Å²) in [6, 6.07) is 11.7. The van der Waals surface area contributed by atoms with Crippen molar-refractivity contribution in [1.82, 2.24) is 25.1 Å². The van der Waals surface area contributed by atoms with E-state index in [4.69, 9.17) is 9.97 Å². The number of aromatic nitrogens is 4. The SMILES string of the molecule is Cc1cc(Nc2cc(N3CCN(C)CC3)nc(C=Cc3cccc(NC(=O)C4CC4)c3)n2)n[nH]1. The fraction of sp³-hybridized carbons (Fsp3) is 0.360. The van der Waals surface area contributed by atoms with Crippen LogP contribution in [-0.2, 0) is 4.79 Å². The van der Waals surface area contributed by atoms with Gasteiger partial charge in [-0.3, -0.25) is 9.89 Å². The Morgan fingerprint density at radius 1 is 1.06 bits per heavy atom. The average Bonchev–Trinajstić information content (AvgIpc) is 3.61. The molecule has 3 heterocycles. The molecule has 1 saturated carbocycles. The van der Waals surface area contributed by atoms with Crippen molar-refractivity contribution in [1.29, 1.82) is 0 Å². The molecule has 3 N–H and O–H groups in total. The second-order valence-corrected chi connectivity index (χ2v) is 9.04. The molecule has 1 aliphatic heterocycles. The van der Waals surface area contributed by atoms with Gasteiger partial charge in [-0.15, -0.1) is 0 Å². The van der Waals surface area contributed by atoms with Crippen LogP contribution in [0.15, 0.2) is 36.4 Å². The highest BCUT2D eigenvalue weighted by Gasteiger charge is 2.29. The highest BCUT2D eigenvalue weighted by molar-refractivity contribution is 5.94. The number of rotatable bonds is 7. The van der Waals surface area contributed by atoms with Gasteiger partial charge in [-0.05, 0) is 50.6 Å². The first-order valence-corrected chi connectivity index (χ1v) is 11.7. The van der Waals surface area contributed by atoms with Gasteiger partial charge in [-0.1, -0.05) is 18.2 Å². The molecule has 9 heteroatoms. The minimum Gasteiger partial charge on any atom is -0.354 e. The molecule has 0 spiro atoms. The van der Waals surface area contributed by atoms with Crippen LogP contribution < -0.4 is 15.5 Å². The number of aryl methyl sites for hydroxylation is 1. The van der Waals surface area contributed by atoms with Crippen LogP contribution in [0.1, 0.15) is 29.9 Å². The van der Waals surface area contributed by atoms with Crippen molar-refractivity contribution in [3.8, 4) is 0 Å². The summed E-state index contributed by atoms with van der Waals surface area (Å²) in [6.07, 6.45) is 5.85. The van der Waals surface area contributed by atoms with Crippen molar-refractivity contribution in [2.24, 2.45) is 5.92 Å². The lowest BCUT2D eigenvalue weighted by Gasteiger charge is -2.33. The van der Waals surface area contributed by atoms with E-state index in [1.165, 1.54) is 0 Å². The number of H-pyrrole nitrogens is 1. The van der Waals surface area contributed by atoms with E-state index in [2.05, 4.69) is 37.7 Å². The molecule has 0 bridgehead atoms. The molecule has 9 nitrogen and oxygen atoms in total. The monoisotopic (exact) mass is 458 g/mol. The van der Waals surface area contributed by atoms with Crippen LogP contribution in [0, 0.1) is 12.8 Å². The van der Waals surface area contributed by atoms with E-state index >= 15 is 0 Å². The number of benzene rings is 1. The third-order valence-electron chi connectivity index (χ3n) is 6.05. The molecule has 0 unspecified atom stereocenters. The first-order chi connectivity index (χ1) is 16.5. The molecule has 0 atom stereocenters. The number of hydrogen-bond acceptors (Lipinski definition) is 7. The number of nitrogens with one attached hydrogen (secondary N) is 3. The normalized spacial score (nSPS) is 16.7. The summed E-state index contributed by atoms with van der Waals surface area (Å²) in [6.45, 7) is 5.79. The summed E-state index contributed by atoms with van der Waals surface area (Å²) in [7, 11) is 2.14. The van der Waals surface area contributed by atoms with Gasteiger partial charge in [0.15, 0.2) is 11.6 Å². The molecular weight excluding hydrogens is 428 g/mol. The van der Waals surface area contributed by atoms with Gasteiger partial charge >= 0.3 is 0 Å². The standard InChI is InChI=1S/C25H30N8O/c1-17-14-23(31-30-17)28-22-16-24(33-12-10-32(2)11-13-33)29-21(27-22)9-6-18-4-3-5-20(15-18)26-25(34)19-7-8-19/h3-6,9,14-16,19H,7-8,10-13H2,1-2H3,(H,26,34)(H2,27,28,29,30,31). The lowest BCUT2D eigenvalue weighted by Crippen LogP contribution is -2.44. The van der Waals surface area contributed by atoms with Crippen LogP contribution in [0.3, 0.4) is 0 Å². The number of nitrogens with zero attached hydrogens (tertiary/aromatic N) is 5. The minimum absolute atomic E-state index is 0.105. The number of aromatic amines is 1. The van der Waals surface area contributed by atoms with Crippen molar-refractivity contribution in [3.05, 3.63) is 53.5 Å². The van der Waals surface area contributed by atoms with E-state index in [-0.39, 0.29) is 11.8 Å². The summed E-state index contributed by atoms with van der Waals surface area (Å²) in [5, 5.41) is 13.5. The Morgan fingerprint density at radius 2 is 1.88 bits per heavy atom. The lowest BCUT2D eigenvalue weighted by molar-refractivity contribution is -0.117. The topological polar surface area (TPSA) is 102 Å². The molecule has 1 aliphatic carbocycles. The van der Waals surface area contributed by atoms with Crippen molar-refractivity contribution < 1.29 is 4.79 Å². The number of anilines is 4. The van der Waals surface area contributed by atoms with E-state index in [1.54, 1.807) is 0 Å². The van der Waals surface area contributed by atoms with Crippen molar-refractivity contribution in [3.63, 3.8) is 0 Å². The second kappa shape index (κ2) is 9.64. The van der Waals surface area contributed by atoms with Crippen LogP contribution in [0.2, 0.25) is 0 Å². The third-order valence-corrected chi connectivity index (χ3v) is 6.05. The van der Waals surface area contributed by atoms with Crippen LogP contribution in [0.25, 0.3) is 12.2 Å². The largest absolute Gasteiger partial charge is 0.354 e. The number of likely N-dealkylation sites (N-methyl/N-ethyl adjacent to an activating group) is 1. The molecular formula is C25H30N8O. The van der Waals surface area contributed by atoms with Crippen LogP contribution in [0.5, 0.6) is 0 Å². The van der Waals surface area contributed by atoms with Crippen LogP contribution in [0.4, 0.5) is 23.1 Å². The van der Waals surface area contributed by atoms with Gasteiger partial charge in [0.05, 0.1) is 0 Å². The molecule has 34 heavy (non-hydrogen) atoms. The zero-order valence-corrected chi connectivity index (χ0v) is 19.6. The smallest absolute Gasteiger partial charge is 0.227 e.